The van der Waals surface area contributed by atoms with Crippen LogP contribution in [0.5, 0.6) is 0 Å². The molecule has 0 spiro atoms. The zero-order valence-electron chi connectivity index (χ0n) is 13.6. The first-order chi connectivity index (χ1) is 11.1. The number of amides is 1. The lowest BCUT2D eigenvalue weighted by Gasteiger charge is -2.17. The van der Waals surface area contributed by atoms with Crippen molar-refractivity contribution in [3.63, 3.8) is 0 Å². The number of hydrogen-bond acceptors (Lipinski definition) is 2. The molecular formula is C18H22BrN3O. The Morgan fingerprint density at radius 1 is 1.26 bits per heavy atom. The smallest absolute Gasteiger partial charge is 0.270 e. The maximum absolute atomic E-state index is 12.8. The van der Waals surface area contributed by atoms with E-state index >= 15 is 0 Å². The molecule has 1 fully saturated rings. The molecule has 1 aliphatic rings. The highest BCUT2D eigenvalue weighted by Gasteiger charge is 2.28. The predicted octanol–water partition coefficient (Wildman–Crippen LogP) is 3.14. The lowest BCUT2D eigenvalue weighted by Crippen LogP contribution is -2.31. The molecule has 1 aromatic carbocycles. The Bertz CT molecular complexity index is 693. The average Bonchev–Trinajstić information content (AvgIpc) is 3.15. The Balaban J connectivity index is 1.79. The third-order valence-corrected chi connectivity index (χ3v) is 5.08. The summed E-state index contributed by atoms with van der Waals surface area (Å²) < 4.78 is 3.05. The first-order valence-corrected chi connectivity index (χ1v) is 8.75. The second kappa shape index (κ2) is 6.89. The molecular weight excluding hydrogens is 354 g/mol. The summed E-state index contributed by atoms with van der Waals surface area (Å²) in [4.78, 5) is 14.8. The molecule has 0 unspecified atom stereocenters. The van der Waals surface area contributed by atoms with Gasteiger partial charge in [0.1, 0.15) is 5.69 Å². The van der Waals surface area contributed by atoms with Gasteiger partial charge in [-0.2, -0.15) is 0 Å². The minimum Gasteiger partial charge on any atom is -0.340 e. The summed E-state index contributed by atoms with van der Waals surface area (Å²) in [6.07, 6.45) is 1.08. The van der Waals surface area contributed by atoms with E-state index in [1.165, 1.54) is 0 Å². The molecule has 5 heteroatoms. The fourth-order valence-corrected chi connectivity index (χ4v) is 3.54. The Morgan fingerprint density at radius 3 is 2.70 bits per heavy atom. The van der Waals surface area contributed by atoms with Gasteiger partial charge in [-0.3, -0.25) is 4.79 Å². The van der Waals surface area contributed by atoms with Gasteiger partial charge in [0.25, 0.3) is 5.91 Å². The van der Waals surface area contributed by atoms with Gasteiger partial charge >= 0.3 is 0 Å². The molecule has 2 aromatic rings. The molecule has 1 N–H and O–H groups in total. The van der Waals surface area contributed by atoms with E-state index in [1.807, 2.05) is 47.8 Å². The molecule has 1 atom stereocenters. The Hall–Kier alpha value is -1.59. The number of carbonyl (C=O) groups excluding carboxylic acids is 1. The first kappa shape index (κ1) is 16.3. The lowest BCUT2D eigenvalue weighted by molar-refractivity contribution is 0.0778. The van der Waals surface area contributed by atoms with Crippen LogP contribution in [0.2, 0.25) is 0 Å². The quantitative estimate of drug-likeness (QED) is 0.890. The highest BCUT2D eigenvalue weighted by Crippen LogP contribution is 2.25. The van der Waals surface area contributed by atoms with Gasteiger partial charge in [0.2, 0.25) is 0 Å². The van der Waals surface area contributed by atoms with Crippen molar-refractivity contribution in [3.8, 4) is 11.3 Å². The molecule has 0 saturated carbocycles. The monoisotopic (exact) mass is 375 g/mol. The van der Waals surface area contributed by atoms with E-state index in [-0.39, 0.29) is 5.91 Å². The number of halogens is 1. The summed E-state index contributed by atoms with van der Waals surface area (Å²) in [6, 6.07) is 12.1. The summed E-state index contributed by atoms with van der Waals surface area (Å²) in [5.41, 5.74) is 2.93. The van der Waals surface area contributed by atoms with Crippen LogP contribution in [0, 0.1) is 5.92 Å². The van der Waals surface area contributed by atoms with Crippen LogP contribution in [0.25, 0.3) is 11.3 Å². The van der Waals surface area contributed by atoms with Crippen LogP contribution in [0.15, 0.2) is 40.9 Å². The predicted molar refractivity (Wildman–Crippen MR) is 96.5 cm³/mol. The van der Waals surface area contributed by atoms with E-state index < -0.39 is 0 Å². The van der Waals surface area contributed by atoms with E-state index in [9.17, 15) is 4.79 Å². The number of nitrogens with zero attached hydrogens (tertiary/aromatic N) is 2. The first-order valence-electron chi connectivity index (χ1n) is 7.95. The van der Waals surface area contributed by atoms with Crippen molar-refractivity contribution in [2.24, 2.45) is 13.0 Å². The van der Waals surface area contributed by atoms with Crippen molar-refractivity contribution in [2.75, 3.05) is 26.7 Å². The fraction of sp³-hybridized carbons (Fsp3) is 0.389. The standard InChI is InChI=1S/C18H22BrN3O/c1-20-11-13-9-10-22(12-13)18(23)17-8-7-16(21(17)2)14-3-5-15(19)6-4-14/h3-8,13,20H,9-12H2,1-2H3/t13-/m1/s1. The van der Waals surface area contributed by atoms with Crippen molar-refractivity contribution in [1.82, 2.24) is 14.8 Å². The zero-order valence-corrected chi connectivity index (χ0v) is 15.1. The number of nitrogens with one attached hydrogen (secondary N) is 1. The zero-order chi connectivity index (χ0) is 16.4. The van der Waals surface area contributed by atoms with Gasteiger partial charge in [-0.25, -0.2) is 0 Å². The summed E-state index contributed by atoms with van der Waals surface area (Å²) in [5, 5.41) is 3.20. The lowest BCUT2D eigenvalue weighted by atomic mass is 10.1. The normalized spacial score (nSPS) is 17.7. The van der Waals surface area contributed by atoms with E-state index in [4.69, 9.17) is 0 Å². The van der Waals surface area contributed by atoms with Crippen molar-refractivity contribution in [1.29, 1.82) is 0 Å². The van der Waals surface area contributed by atoms with Gasteiger partial charge in [-0.1, -0.05) is 28.1 Å². The van der Waals surface area contributed by atoms with Crippen molar-refractivity contribution in [2.45, 2.75) is 6.42 Å². The molecule has 1 aromatic heterocycles. The molecule has 0 radical (unpaired) electrons. The van der Waals surface area contributed by atoms with Crippen LogP contribution in [-0.4, -0.2) is 42.1 Å². The van der Waals surface area contributed by atoms with Gasteiger partial charge in [0, 0.05) is 30.3 Å². The number of likely N-dealkylation sites (tertiary alicyclic amines) is 1. The van der Waals surface area contributed by atoms with Crippen LogP contribution in [0.4, 0.5) is 0 Å². The van der Waals surface area contributed by atoms with Gasteiger partial charge in [-0.15, -0.1) is 0 Å². The van der Waals surface area contributed by atoms with Gasteiger partial charge in [0.05, 0.1) is 0 Å². The summed E-state index contributed by atoms with van der Waals surface area (Å²) in [6.45, 7) is 2.67. The second-order valence-electron chi connectivity index (χ2n) is 6.13. The molecule has 4 nitrogen and oxygen atoms in total. The van der Waals surface area contributed by atoms with Crippen LogP contribution in [0.3, 0.4) is 0 Å². The van der Waals surface area contributed by atoms with E-state index in [0.717, 1.165) is 47.5 Å². The minimum atomic E-state index is 0.134. The van der Waals surface area contributed by atoms with E-state index in [2.05, 4.69) is 33.4 Å². The number of aromatic nitrogens is 1. The van der Waals surface area contributed by atoms with Crippen molar-refractivity contribution >= 4 is 21.8 Å². The molecule has 2 heterocycles. The molecule has 122 valence electrons. The second-order valence-corrected chi connectivity index (χ2v) is 7.05. The summed E-state index contributed by atoms with van der Waals surface area (Å²) in [7, 11) is 3.93. The molecule has 0 bridgehead atoms. The number of rotatable bonds is 4. The van der Waals surface area contributed by atoms with Crippen LogP contribution in [-0.2, 0) is 7.05 Å². The Morgan fingerprint density at radius 2 is 2.00 bits per heavy atom. The van der Waals surface area contributed by atoms with Crippen LogP contribution in [0.1, 0.15) is 16.9 Å². The van der Waals surface area contributed by atoms with Gasteiger partial charge in [-0.05, 0) is 55.8 Å². The van der Waals surface area contributed by atoms with Gasteiger partial charge < -0.3 is 14.8 Å². The topological polar surface area (TPSA) is 37.3 Å². The maximum atomic E-state index is 12.8. The van der Waals surface area contributed by atoms with Crippen LogP contribution >= 0.6 is 15.9 Å². The largest absolute Gasteiger partial charge is 0.340 e. The molecule has 1 amide bonds. The highest BCUT2D eigenvalue weighted by atomic mass is 79.9. The van der Waals surface area contributed by atoms with E-state index in [1.54, 1.807) is 0 Å². The fourth-order valence-electron chi connectivity index (χ4n) is 3.27. The minimum absolute atomic E-state index is 0.134. The highest BCUT2D eigenvalue weighted by molar-refractivity contribution is 9.10. The summed E-state index contributed by atoms with van der Waals surface area (Å²) in [5.74, 6) is 0.699. The number of hydrogen-bond donors (Lipinski definition) is 1. The third-order valence-electron chi connectivity index (χ3n) is 4.55. The Labute approximate surface area is 145 Å². The molecule has 1 saturated heterocycles. The van der Waals surface area contributed by atoms with Gasteiger partial charge in [0.15, 0.2) is 0 Å². The molecule has 23 heavy (non-hydrogen) atoms. The summed E-state index contributed by atoms with van der Waals surface area (Å²) >= 11 is 3.46. The molecule has 3 rings (SSSR count). The number of carbonyl (C=O) groups is 1. The Kier molecular flexibility index (Phi) is 4.87. The van der Waals surface area contributed by atoms with E-state index in [0.29, 0.717) is 5.92 Å². The SMILES string of the molecule is CNC[C@H]1CCN(C(=O)c2ccc(-c3ccc(Br)cc3)n2C)C1. The maximum Gasteiger partial charge on any atom is 0.270 e. The van der Waals surface area contributed by atoms with Crippen LogP contribution < -0.4 is 5.32 Å². The van der Waals surface area contributed by atoms with Crippen molar-refractivity contribution in [3.05, 3.63) is 46.6 Å². The molecule has 1 aliphatic heterocycles. The average molecular weight is 376 g/mol. The van der Waals surface area contributed by atoms with Crippen molar-refractivity contribution < 1.29 is 4.79 Å². The molecule has 0 aliphatic carbocycles. The number of benzene rings is 1. The third kappa shape index (κ3) is 3.35.